The van der Waals surface area contributed by atoms with Gasteiger partial charge >= 0.3 is 0 Å². The monoisotopic (exact) mass is 556 g/mol. The number of sulfonamides is 1. The number of aromatic nitrogens is 5. The second kappa shape index (κ2) is 8.81. The highest BCUT2D eigenvalue weighted by atomic mass is 32.2. The quantitative estimate of drug-likeness (QED) is 0.294. The zero-order chi connectivity index (χ0) is 27.8. The van der Waals surface area contributed by atoms with Crippen molar-refractivity contribution < 1.29 is 12.8 Å². The molecule has 3 unspecified atom stereocenters. The van der Waals surface area contributed by atoms with Crippen LogP contribution in [-0.4, -0.2) is 50.6 Å². The molecule has 1 saturated carbocycles. The highest BCUT2D eigenvalue weighted by molar-refractivity contribution is 7.89. The summed E-state index contributed by atoms with van der Waals surface area (Å²) < 4.78 is 44.3. The summed E-state index contributed by atoms with van der Waals surface area (Å²) in [6, 6.07) is 20.9. The summed E-state index contributed by atoms with van der Waals surface area (Å²) in [7, 11) is -3.80. The first-order valence-electron chi connectivity index (χ1n) is 13.4. The van der Waals surface area contributed by atoms with E-state index >= 15 is 0 Å². The van der Waals surface area contributed by atoms with Gasteiger partial charge in [0.25, 0.3) is 10.0 Å². The zero-order valence-electron chi connectivity index (χ0n) is 22.4. The van der Waals surface area contributed by atoms with Crippen LogP contribution >= 0.6 is 0 Å². The number of fused-ring (bicyclic) bond motifs is 2. The van der Waals surface area contributed by atoms with Crippen molar-refractivity contribution in [3.8, 4) is 5.69 Å². The molecule has 40 heavy (non-hydrogen) atoms. The number of aryl methyl sites for hydroxylation is 1. The van der Waals surface area contributed by atoms with E-state index in [2.05, 4.69) is 46.5 Å². The van der Waals surface area contributed by atoms with Crippen LogP contribution in [0.5, 0.6) is 0 Å². The molecule has 7 rings (SSSR count). The lowest BCUT2D eigenvalue weighted by Crippen LogP contribution is -2.35. The molecular weight excluding hydrogens is 527 g/mol. The van der Waals surface area contributed by atoms with Crippen molar-refractivity contribution in [2.75, 3.05) is 13.1 Å². The van der Waals surface area contributed by atoms with Crippen molar-refractivity contribution in [2.45, 2.75) is 43.2 Å². The van der Waals surface area contributed by atoms with Crippen LogP contribution in [0.25, 0.3) is 16.6 Å². The molecule has 204 valence electrons. The van der Waals surface area contributed by atoms with Crippen LogP contribution < -0.4 is 0 Å². The maximum atomic E-state index is 13.7. The Bertz CT molecular complexity index is 1850. The van der Waals surface area contributed by atoms with Gasteiger partial charge in [0.1, 0.15) is 5.82 Å². The van der Waals surface area contributed by atoms with E-state index in [9.17, 15) is 12.8 Å². The molecule has 0 radical (unpaired) electrons. The fourth-order valence-electron chi connectivity index (χ4n) is 6.63. The van der Waals surface area contributed by atoms with E-state index in [0.717, 1.165) is 27.7 Å². The van der Waals surface area contributed by atoms with E-state index in [0.29, 0.717) is 13.1 Å². The van der Waals surface area contributed by atoms with Gasteiger partial charge in [0, 0.05) is 29.8 Å². The van der Waals surface area contributed by atoms with E-state index in [1.165, 1.54) is 28.7 Å². The maximum Gasteiger partial charge on any atom is 0.264 e. The number of piperidine rings is 1. The minimum absolute atomic E-state index is 0.0124. The molecule has 0 N–H and O–H groups in total. The lowest BCUT2D eigenvalue weighted by atomic mass is 9.87. The smallest absolute Gasteiger partial charge is 0.233 e. The molecule has 0 spiro atoms. The van der Waals surface area contributed by atoms with Crippen LogP contribution in [0.4, 0.5) is 4.39 Å². The predicted octanol–water partition coefficient (Wildman–Crippen LogP) is 5.00. The van der Waals surface area contributed by atoms with Gasteiger partial charge in [-0.1, -0.05) is 30.3 Å². The summed E-state index contributed by atoms with van der Waals surface area (Å²) >= 11 is 0. The first-order chi connectivity index (χ1) is 19.2. The SMILES string of the molecule is Cc1cc2c(cnn2-c2ccc(F)cc2)cc1C12CN(S(=O)(=O)c3cnn(C(C)C)n3)CC1C2c1ccccc1. The van der Waals surface area contributed by atoms with Gasteiger partial charge in [-0.15, -0.1) is 5.10 Å². The Hall–Kier alpha value is -3.89. The van der Waals surface area contributed by atoms with Crippen molar-refractivity contribution in [3.05, 3.63) is 102 Å². The van der Waals surface area contributed by atoms with E-state index in [1.54, 1.807) is 16.4 Å². The van der Waals surface area contributed by atoms with Gasteiger partial charge < -0.3 is 0 Å². The molecule has 2 aliphatic rings. The van der Waals surface area contributed by atoms with Crippen LogP contribution in [0, 0.1) is 18.7 Å². The highest BCUT2D eigenvalue weighted by Crippen LogP contribution is 2.70. The Labute approximate surface area is 232 Å². The number of benzene rings is 3. The first-order valence-corrected chi connectivity index (χ1v) is 14.9. The van der Waals surface area contributed by atoms with Gasteiger partial charge in [-0.25, -0.2) is 17.5 Å². The number of hydrogen-bond donors (Lipinski definition) is 0. The van der Waals surface area contributed by atoms with Gasteiger partial charge in [-0.3, -0.25) is 0 Å². The van der Waals surface area contributed by atoms with Crippen LogP contribution in [0.2, 0.25) is 0 Å². The fourth-order valence-corrected chi connectivity index (χ4v) is 8.00. The van der Waals surface area contributed by atoms with Crippen LogP contribution in [-0.2, 0) is 15.4 Å². The number of nitrogens with zero attached hydrogens (tertiary/aromatic N) is 6. The minimum Gasteiger partial charge on any atom is -0.233 e. The van der Waals surface area contributed by atoms with Crippen molar-refractivity contribution in [1.29, 1.82) is 0 Å². The molecule has 0 amide bonds. The van der Waals surface area contributed by atoms with Gasteiger partial charge in [0.15, 0.2) is 0 Å². The van der Waals surface area contributed by atoms with Crippen molar-refractivity contribution in [1.82, 2.24) is 29.1 Å². The molecular formula is C30H29FN6O2S. The standard InChI is InChI=1S/C30H29FN6O2S/c1-19(2)37-33-16-28(34-37)40(38,39)35-17-26-29(21-7-5-4-6-8-21)30(26,18-35)25-14-22-15-32-36(27(22)13-20(25)3)24-11-9-23(31)10-12-24/h4-16,19,26,29H,17-18H2,1-3H3. The summed E-state index contributed by atoms with van der Waals surface area (Å²) in [5.41, 5.74) is 4.77. The van der Waals surface area contributed by atoms with E-state index in [4.69, 9.17) is 0 Å². The Morgan fingerprint density at radius 2 is 1.75 bits per heavy atom. The van der Waals surface area contributed by atoms with E-state index in [-0.39, 0.29) is 34.1 Å². The molecule has 2 fully saturated rings. The molecule has 5 aromatic rings. The average Bonchev–Trinajstić information content (AvgIpc) is 3.42. The van der Waals surface area contributed by atoms with Gasteiger partial charge in [0.2, 0.25) is 5.03 Å². The fraction of sp³-hybridized carbons (Fsp3) is 0.300. The highest BCUT2D eigenvalue weighted by Gasteiger charge is 2.71. The molecule has 0 bridgehead atoms. The lowest BCUT2D eigenvalue weighted by Gasteiger charge is -2.24. The Kier molecular flexibility index (Phi) is 5.53. The molecule has 1 aliphatic heterocycles. The minimum atomic E-state index is -3.80. The molecule has 3 heterocycles. The van der Waals surface area contributed by atoms with Crippen molar-refractivity contribution in [3.63, 3.8) is 0 Å². The number of hydrogen-bond acceptors (Lipinski definition) is 5. The first kappa shape index (κ1) is 25.1. The molecule has 8 nitrogen and oxygen atoms in total. The molecule has 10 heteroatoms. The third-order valence-electron chi connectivity index (χ3n) is 8.55. The second-order valence-corrected chi connectivity index (χ2v) is 13.1. The average molecular weight is 557 g/mol. The summed E-state index contributed by atoms with van der Waals surface area (Å²) in [6.07, 6.45) is 3.17. The van der Waals surface area contributed by atoms with Crippen LogP contribution in [0.15, 0.2) is 84.1 Å². The third kappa shape index (κ3) is 3.66. The zero-order valence-corrected chi connectivity index (χ0v) is 23.3. The molecule has 3 atom stereocenters. The van der Waals surface area contributed by atoms with Crippen molar-refractivity contribution >= 4 is 20.9 Å². The van der Waals surface area contributed by atoms with E-state index in [1.807, 2.05) is 42.9 Å². The third-order valence-corrected chi connectivity index (χ3v) is 10.2. The second-order valence-electron chi connectivity index (χ2n) is 11.2. The summed E-state index contributed by atoms with van der Waals surface area (Å²) in [6.45, 7) is 6.69. The molecule has 2 aromatic heterocycles. The Balaban J connectivity index is 1.31. The summed E-state index contributed by atoms with van der Waals surface area (Å²) in [5.74, 6) is 0.0416. The summed E-state index contributed by atoms with van der Waals surface area (Å²) in [4.78, 5) is 1.43. The molecule has 1 aliphatic carbocycles. The lowest BCUT2D eigenvalue weighted by molar-refractivity contribution is 0.414. The largest absolute Gasteiger partial charge is 0.264 e. The normalized spacial score (nSPS) is 22.7. The number of rotatable bonds is 6. The van der Waals surface area contributed by atoms with Gasteiger partial charge in [0.05, 0.1) is 29.6 Å². The summed E-state index contributed by atoms with van der Waals surface area (Å²) in [5, 5.41) is 14.0. The van der Waals surface area contributed by atoms with Crippen LogP contribution in [0.3, 0.4) is 0 Å². The molecule has 3 aromatic carbocycles. The predicted molar refractivity (Wildman–Crippen MR) is 149 cm³/mol. The van der Waals surface area contributed by atoms with Crippen molar-refractivity contribution in [2.24, 2.45) is 5.92 Å². The Morgan fingerprint density at radius 3 is 2.45 bits per heavy atom. The van der Waals surface area contributed by atoms with Crippen LogP contribution in [0.1, 0.15) is 42.5 Å². The van der Waals surface area contributed by atoms with Gasteiger partial charge in [-0.2, -0.15) is 19.3 Å². The van der Waals surface area contributed by atoms with E-state index < -0.39 is 10.0 Å². The maximum absolute atomic E-state index is 13.7. The number of halogens is 1. The topological polar surface area (TPSA) is 85.9 Å². The Morgan fingerprint density at radius 1 is 1.00 bits per heavy atom. The van der Waals surface area contributed by atoms with Gasteiger partial charge in [-0.05, 0) is 79.8 Å². The molecule has 1 saturated heterocycles.